The third-order valence-corrected chi connectivity index (χ3v) is 4.97. The number of hydrogen-bond donors (Lipinski definition) is 3. The van der Waals surface area contributed by atoms with Gasteiger partial charge in [0.05, 0.1) is 25.9 Å². The van der Waals surface area contributed by atoms with Crippen molar-refractivity contribution in [3.8, 4) is 0 Å². The largest absolute Gasteiger partial charge is 0.379 e. The Morgan fingerprint density at radius 2 is 1.66 bits per heavy atom. The Kier molecular flexibility index (Phi) is 11.9. The van der Waals surface area contributed by atoms with E-state index in [1.807, 2.05) is 38.1 Å². The molecule has 0 spiro atoms. The van der Waals surface area contributed by atoms with Crippen LogP contribution in [-0.4, -0.2) is 56.2 Å². The Labute approximate surface area is 191 Å². The van der Waals surface area contributed by atoms with Crippen molar-refractivity contribution in [1.82, 2.24) is 10.6 Å². The van der Waals surface area contributed by atoms with E-state index >= 15 is 0 Å². The third kappa shape index (κ3) is 10.7. The molecule has 3 N–H and O–H groups in total. The molecule has 1 rings (SSSR count). The monoisotopic (exact) mass is 449 g/mol. The molecule has 0 aliphatic carbocycles. The molecule has 0 aliphatic heterocycles. The molecule has 8 heteroatoms. The number of nitrogens with one attached hydrogen (secondary N) is 3. The molecule has 1 aromatic rings. The van der Waals surface area contributed by atoms with Crippen LogP contribution in [-0.2, 0) is 30.3 Å². The number of hydrogen-bond acceptors (Lipinski definition) is 5. The molecule has 0 saturated heterocycles. The quantitative estimate of drug-likeness (QED) is 0.379. The fourth-order valence-electron chi connectivity index (χ4n) is 2.72. The number of ether oxygens (including phenoxy) is 2. The lowest BCUT2D eigenvalue weighted by Gasteiger charge is -2.23. The zero-order chi connectivity index (χ0) is 24.1. The highest BCUT2D eigenvalue weighted by Crippen LogP contribution is 2.20. The molecule has 32 heavy (non-hydrogen) atoms. The van der Waals surface area contributed by atoms with E-state index in [-0.39, 0.29) is 24.5 Å². The molecular formula is C24H39N3O5. The first-order valence-electron chi connectivity index (χ1n) is 11.2. The molecular weight excluding hydrogens is 410 g/mol. The summed E-state index contributed by atoms with van der Waals surface area (Å²) in [6.45, 7) is 12.4. The minimum Gasteiger partial charge on any atom is -0.379 e. The Morgan fingerprint density at radius 1 is 1.00 bits per heavy atom. The summed E-state index contributed by atoms with van der Waals surface area (Å²) in [6, 6.07) is 6.81. The van der Waals surface area contributed by atoms with Crippen LogP contribution in [0.2, 0.25) is 0 Å². The van der Waals surface area contributed by atoms with Gasteiger partial charge in [-0.15, -0.1) is 0 Å². The van der Waals surface area contributed by atoms with Gasteiger partial charge in [0.2, 0.25) is 17.7 Å². The van der Waals surface area contributed by atoms with E-state index in [1.165, 1.54) is 5.56 Å². The molecule has 0 unspecified atom stereocenters. The highest BCUT2D eigenvalue weighted by atomic mass is 16.5. The lowest BCUT2D eigenvalue weighted by Crippen LogP contribution is -2.47. The predicted molar refractivity (Wildman–Crippen MR) is 125 cm³/mol. The normalized spacial score (nSPS) is 12.3. The average Bonchev–Trinajstić information content (AvgIpc) is 2.74. The van der Waals surface area contributed by atoms with Gasteiger partial charge in [0.1, 0.15) is 6.04 Å². The van der Waals surface area contributed by atoms with Crippen LogP contribution in [0.3, 0.4) is 0 Å². The molecule has 3 amide bonds. The number of benzene rings is 1. The van der Waals surface area contributed by atoms with E-state index in [1.54, 1.807) is 20.8 Å². The third-order valence-electron chi connectivity index (χ3n) is 4.97. The van der Waals surface area contributed by atoms with Crippen molar-refractivity contribution < 1.29 is 23.9 Å². The molecule has 1 aromatic carbocycles. The van der Waals surface area contributed by atoms with Gasteiger partial charge in [-0.3, -0.25) is 14.4 Å². The fraction of sp³-hybridized carbons (Fsp3) is 0.625. The molecule has 1 atom stereocenters. The lowest BCUT2D eigenvalue weighted by molar-refractivity contribution is -0.133. The second kappa shape index (κ2) is 13.9. The van der Waals surface area contributed by atoms with Crippen LogP contribution < -0.4 is 16.0 Å². The van der Waals surface area contributed by atoms with Gasteiger partial charge in [-0.2, -0.15) is 0 Å². The Balaban J connectivity index is 2.33. The molecule has 0 heterocycles. The van der Waals surface area contributed by atoms with Crippen molar-refractivity contribution in [2.24, 2.45) is 5.41 Å². The van der Waals surface area contributed by atoms with Crippen LogP contribution in [0, 0.1) is 5.41 Å². The van der Waals surface area contributed by atoms with Crippen molar-refractivity contribution in [3.63, 3.8) is 0 Å². The van der Waals surface area contributed by atoms with Crippen molar-refractivity contribution in [2.45, 2.75) is 66.5 Å². The highest BCUT2D eigenvalue weighted by Gasteiger charge is 2.27. The molecule has 180 valence electrons. The average molecular weight is 450 g/mol. The van der Waals surface area contributed by atoms with Gasteiger partial charge in [-0.1, -0.05) is 32.9 Å². The fourth-order valence-corrected chi connectivity index (χ4v) is 2.72. The molecule has 0 bridgehead atoms. The second-order valence-corrected chi connectivity index (χ2v) is 8.68. The SMILES string of the molecule is CCc1ccc(NC(=O)[C@H](C)NC(=O)CNC(=O)C(C)(C)CCOCCOC(C)C)cc1. The zero-order valence-electron chi connectivity index (χ0n) is 20.2. The summed E-state index contributed by atoms with van der Waals surface area (Å²) >= 11 is 0. The number of carbonyl (C=O) groups is 3. The Hall–Kier alpha value is -2.45. The van der Waals surface area contributed by atoms with Crippen LogP contribution in [0.25, 0.3) is 0 Å². The summed E-state index contributed by atoms with van der Waals surface area (Å²) in [5.74, 6) is -1.00. The van der Waals surface area contributed by atoms with Crippen molar-refractivity contribution in [2.75, 3.05) is 31.7 Å². The number of anilines is 1. The van der Waals surface area contributed by atoms with Crippen LogP contribution in [0.5, 0.6) is 0 Å². The summed E-state index contributed by atoms with van der Waals surface area (Å²) < 4.78 is 10.9. The summed E-state index contributed by atoms with van der Waals surface area (Å²) in [4.78, 5) is 36.9. The molecule has 0 radical (unpaired) electrons. The van der Waals surface area contributed by atoms with Crippen molar-refractivity contribution in [3.05, 3.63) is 29.8 Å². The van der Waals surface area contributed by atoms with Gasteiger partial charge >= 0.3 is 0 Å². The van der Waals surface area contributed by atoms with Crippen LogP contribution in [0.1, 0.15) is 53.5 Å². The maximum atomic E-state index is 12.4. The number of amides is 3. The van der Waals surface area contributed by atoms with E-state index in [4.69, 9.17) is 9.47 Å². The van der Waals surface area contributed by atoms with Gasteiger partial charge in [-0.05, 0) is 51.3 Å². The Morgan fingerprint density at radius 3 is 2.25 bits per heavy atom. The topological polar surface area (TPSA) is 106 Å². The van der Waals surface area contributed by atoms with Gasteiger partial charge in [0.25, 0.3) is 0 Å². The predicted octanol–water partition coefficient (Wildman–Crippen LogP) is 2.67. The minimum atomic E-state index is -0.736. The van der Waals surface area contributed by atoms with Crippen molar-refractivity contribution in [1.29, 1.82) is 0 Å². The van der Waals surface area contributed by atoms with E-state index in [2.05, 4.69) is 22.9 Å². The van der Waals surface area contributed by atoms with E-state index < -0.39 is 17.4 Å². The summed E-state index contributed by atoms with van der Waals surface area (Å²) in [6.07, 6.45) is 1.59. The molecule has 0 aromatic heterocycles. The maximum absolute atomic E-state index is 12.4. The van der Waals surface area contributed by atoms with Crippen LogP contribution in [0.4, 0.5) is 5.69 Å². The minimum absolute atomic E-state index is 0.160. The molecule has 0 aliphatic rings. The summed E-state index contributed by atoms with van der Waals surface area (Å²) in [5.41, 5.74) is 1.16. The molecule has 0 saturated carbocycles. The number of rotatable bonds is 14. The van der Waals surface area contributed by atoms with Gasteiger partial charge in [0, 0.05) is 17.7 Å². The summed E-state index contributed by atoms with van der Waals surface area (Å²) in [5, 5.41) is 8.00. The highest BCUT2D eigenvalue weighted by molar-refractivity contribution is 5.97. The molecule has 8 nitrogen and oxygen atoms in total. The first kappa shape index (κ1) is 27.6. The second-order valence-electron chi connectivity index (χ2n) is 8.68. The Bertz CT molecular complexity index is 732. The first-order valence-corrected chi connectivity index (χ1v) is 11.2. The summed E-state index contributed by atoms with van der Waals surface area (Å²) in [7, 11) is 0. The maximum Gasteiger partial charge on any atom is 0.246 e. The standard InChI is InChI=1S/C24H39N3O5/c1-7-19-8-10-20(11-9-19)27-22(29)18(4)26-21(28)16-25-23(30)24(5,6)12-13-31-14-15-32-17(2)3/h8-11,17-18H,7,12-16H2,1-6H3,(H,25,30)(H,26,28)(H,27,29)/t18-/m0/s1. The van der Waals surface area contributed by atoms with Gasteiger partial charge in [-0.25, -0.2) is 0 Å². The number of aryl methyl sites for hydroxylation is 1. The lowest BCUT2D eigenvalue weighted by atomic mass is 9.88. The van der Waals surface area contributed by atoms with Crippen molar-refractivity contribution >= 4 is 23.4 Å². The van der Waals surface area contributed by atoms with Crippen LogP contribution in [0.15, 0.2) is 24.3 Å². The van der Waals surface area contributed by atoms with E-state index in [9.17, 15) is 14.4 Å². The van der Waals surface area contributed by atoms with Gasteiger partial charge < -0.3 is 25.4 Å². The zero-order valence-corrected chi connectivity index (χ0v) is 20.2. The van der Waals surface area contributed by atoms with Crippen LogP contribution >= 0.6 is 0 Å². The smallest absolute Gasteiger partial charge is 0.246 e. The first-order chi connectivity index (χ1) is 15.0. The molecule has 0 fully saturated rings. The van der Waals surface area contributed by atoms with E-state index in [0.29, 0.717) is 31.9 Å². The van der Waals surface area contributed by atoms with E-state index in [0.717, 1.165) is 6.42 Å². The van der Waals surface area contributed by atoms with Gasteiger partial charge in [0.15, 0.2) is 0 Å². The number of carbonyl (C=O) groups excluding carboxylic acids is 3.